The van der Waals surface area contributed by atoms with Gasteiger partial charge >= 0.3 is 0 Å². The molecular formula is C8H15NO2. The van der Waals surface area contributed by atoms with Crippen LogP contribution in [0.5, 0.6) is 0 Å². The van der Waals surface area contributed by atoms with Gasteiger partial charge in [0.25, 0.3) is 0 Å². The third kappa shape index (κ3) is 2.27. The van der Waals surface area contributed by atoms with Crippen LogP contribution in [0.25, 0.3) is 0 Å². The molecule has 1 saturated carbocycles. The molecule has 0 aromatic carbocycles. The van der Waals surface area contributed by atoms with Gasteiger partial charge in [0.05, 0.1) is 12.1 Å². The maximum atomic E-state index is 10.4. The summed E-state index contributed by atoms with van der Waals surface area (Å²) in [6.45, 7) is 3.75. The van der Waals surface area contributed by atoms with Gasteiger partial charge in [-0.05, 0) is 19.3 Å². The first-order valence-corrected chi connectivity index (χ1v) is 4.04. The Bertz CT molecular complexity index is 147. The minimum absolute atomic E-state index is 0.384. The molecule has 2 N–H and O–H groups in total. The van der Waals surface area contributed by atoms with Gasteiger partial charge < -0.3 is 15.2 Å². The van der Waals surface area contributed by atoms with Crippen molar-refractivity contribution in [2.45, 2.75) is 38.5 Å². The van der Waals surface area contributed by atoms with Crippen molar-refractivity contribution in [1.29, 1.82) is 0 Å². The Hall–Kier alpha value is -0.410. The number of rotatable bonds is 4. The van der Waals surface area contributed by atoms with Gasteiger partial charge in [-0.25, -0.2) is 0 Å². The quantitative estimate of drug-likeness (QED) is 0.562. The van der Waals surface area contributed by atoms with Gasteiger partial charge in [-0.1, -0.05) is 6.92 Å². The fourth-order valence-corrected chi connectivity index (χ4v) is 1.09. The van der Waals surface area contributed by atoms with Crippen molar-refractivity contribution in [1.82, 2.24) is 5.32 Å². The van der Waals surface area contributed by atoms with Gasteiger partial charge in [0, 0.05) is 6.04 Å². The number of aldehydes is 1. The minimum Gasteiger partial charge on any atom is -0.391 e. The second-order valence-corrected chi connectivity index (χ2v) is 3.39. The van der Waals surface area contributed by atoms with Gasteiger partial charge in [0.15, 0.2) is 0 Å². The lowest BCUT2D eigenvalue weighted by atomic mass is 10.2. The van der Waals surface area contributed by atoms with Crippen molar-refractivity contribution in [3.63, 3.8) is 0 Å². The van der Waals surface area contributed by atoms with Gasteiger partial charge in [0.2, 0.25) is 0 Å². The summed E-state index contributed by atoms with van der Waals surface area (Å²) in [6, 6.07) is 0.0600. The molecule has 0 bridgehead atoms. The molecule has 0 radical (unpaired) electrons. The average molecular weight is 157 g/mol. The van der Waals surface area contributed by atoms with Crippen LogP contribution in [0, 0.1) is 5.92 Å². The van der Waals surface area contributed by atoms with Gasteiger partial charge in [-0.3, -0.25) is 0 Å². The highest BCUT2D eigenvalue weighted by Crippen LogP contribution is 2.29. The largest absolute Gasteiger partial charge is 0.391 e. The molecule has 0 aliphatic heterocycles. The molecule has 0 aromatic heterocycles. The first-order valence-electron chi connectivity index (χ1n) is 4.04. The highest BCUT2D eigenvalue weighted by molar-refractivity contribution is 5.58. The lowest BCUT2D eigenvalue weighted by molar-refractivity contribution is -0.111. The van der Waals surface area contributed by atoms with E-state index in [-0.39, 0.29) is 6.04 Å². The van der Waals surface area contributed by atoms with Crippen LogP contribution in [-0.2, 0) is 4.79 Å². The van der Waals surface area contributed by atoms with Gasteiger partial charge in [0.1, 0.15) is 6.29 Å². The normalized spacial score (nSPS) is 34.5. The van der Waals surface area contributed by atoms with Gasteiger partial charge in [-0.2, -0.15) is 0 Å². The molecule has 0 saturated heterocycles. The predicted molar refractivity (Wildman–Crippen MR) is 42.2 cm³/mol. The van der Waals surface area contributed by atoms with Crippen LogP contribution in [-0.4, -0.2) is 29.6 Å². The number of hydrogen-bond donors (Lipinski definition) is 2. The van der Waals surface area contributed by atoms with E-state index in [0.29, 0.717) is 12.0 Å². The van der Waals surface area contributed by atoms with Crippen LogP contribution >= 0.6 is 0 Å². The number of carbonyl (C=O) groups excluding carboxylic acids is 1. The Kier molecular flexibility index (Phi) is 2.62. The molecule has 3 nitrogen and oxygen atoms in total. The van der Waals surface area contributed by atoms with Crippen LogP contribution in [0.2, 0.25) is 0 Å². The van der Waals surface area contributed by atoms with E-state index in [1.54, 1.807) is 6.92 Å². The third-order valence-electron chi connectivity index (χ3n) is 2.18. The number of nitrogens with one attached hydrogen (secondary N) is 1. The zero-order valence-corrected chi connectivity index (χ0v) is 6.95. The number of hydrogen-bond acceptors (Lipinski definition) is 3. The number of carbonyl (C=O) groups is 1. The van der Waals surface area contributed by atoms with E-state index in [1.807, 2.05) is 0 Å². The van der Waals surface area contributed by atoms with Crippen molar-refractivity contribution >= 4 is 6.29 Å². The first-order chi connectivity index (χ1) is 5.15. The Balaban J connectivity index is 2.27. The Morgan fingerprint density at radius 1 is 1.73 bits per heavy atom. The Morgan fingerprint density at radius 2 is 2.27 bits per heavy atom. The van der Waals surface area contributed by atoms with Crippen LogP contribution in [0.1, 0.15) is 20.3 Å². The summed E-state index contributed by atoms with van der Waals surface area (Å²) in [5, 5.41) is 12.2. The summed E-state index contributed by atoms with van der Waals surface area (Å²) < 4.78 is 0. The van der Waals surface area contributed by atoms with Gasteiger partial charge in [-0.15, -0.1) is 0 Å². The molecule has 0 amide bonds. The lowest BCUT2D eigenvalue weighted by Crippen LogP contribution is -2.41. The minimum atomic E-state index is -0.583. The number of aliphatic hydroxyl groups is 1. The summed E-state index contributed by atoms with van der Waals surface area (Å²) in [7, 11) is 0. The third-order valence-corrected chi connectivity index (χ3v) is 2.18. The van der Waals surface area contributed by atoms with Crippen molar-refractivity contribution in [2.24, 2.45) is 5.92 Å². The smallest absolute Gasteiger partial charge is 0.139 e. The molecule has 1 aliphatic carbocycles. The summed E-state index contributed by atoms with van der Waals surface area (Å²) >= 11 is 0. The highest BCUT2D eigenvalue weighted by Gasteiger charge is 2.34. The van der Waals surface area contributed by atoms with E-state index in [9.17, 15) is 4.79 Å². The van der Waals surface area contributed by atoms with Crippen LogP contribution in [0.4, 0.5) is 0 Å². The first kappa shape index (κ1) is 8.68. The summed E-state index contributed by atoms with van der Waals surface area (Å²) in [4.78, 5) is 10.4. The van der Waals surface area contributed by atoms with Crippen molar-refractivity contribution in [3.8, 4) is 0 Å². The fraction of sp³-hybridized carbons (Fsp3) is 0.875. The molecule has 11 heavy (non-hydrogen) atoms. The molecule has 1 rings (SSSR count). The van der Waals surface area contributed by atoms with E-state index in [2.05, 4.69) is 12.2 Å². The SMILES string of the molecule is CC1CC1N[C@H](C=O)[C@@H](C)O. The summed E-state index contributed by atoms with van der Waals surface area (Å²) in [5.74, 6) is 0.663. The van der Waals surface area contributed by atoms with E-state index < -0.39 is 6.10 Å². The molecule has 4 atom stereocenters. The highest BCUT2D eigenvalue weighted by atomic mass is 16.3. The van der Waals surface area contributed by atoms with Crippen LogP contribution in [0.15, 0.2) is 0 Å². The lowest BCUT2D eigenvalue weighted by Gasteiger charge is -2.14. The Morgan fingerprint density at radius 3 is 2.55 bits per heavy atom. The van der Waals surface area contributed by atoms with E-state index in [1.165, 1.54) is 0 Å². The second-order valence-electron chi connectivity index (χ2n) is 3.39. The molecule has 2 unspecified atom stereocenters. The summed E-state index contributed by atoms with van der Waals surface area (Å²) in [5.41, 5.74) is 0. The van der Waals surface area contributed by atoms with Crippen molar-refractivity contribution in [3.05, 3.63) is 0 Å². The maximum Gasteiger partial charge on any atom is 0.139 e. The molecule has 0 aromatic rings. The zero-order valence-electron chi connectivity index (χ0n) is 6.95. The maximum absolute atomic E-state index is 10.4. The molecule has 0 spiro atoms. The molecule has 1 aliphatic rings. The van der Waals surface area contributed by atoms with E-state index in [0.717, 1.165) is 12.7 Å². The average Bonchev–Trinajstić information content (AvgIpc) is 2.61. The number of aliphatic hydroxyl groups excluding tert-OH is 1. The predicted octanol–water partition coefficient (Wildman–Crippen LogP) is -0.0673. The monoisotopic (exact) mass is 157 g/mol. The standard InChI is InChI=1S/C8H15NO2/c1-5-3-7(5)9-8(4-10)6(2)11/h4-9,11H,3H2,1-2H3/t5?,6-,7?,8-/m1/s1. The molecule has 0 heterocycles. The zero-order chi connectivity index (χ0) is 8.43. The Labute approximate surface area is 66.8 Å². The molecule has 3 heteroatoms. The molecule has 64 valence electrons. The molecule has 1 fully saturated rings. The second kappa shape index (κ2) is 3.32. The molecular weight excluding hydrogens is 142 g/mol. The van der Waals surface area contributed by atoms with Crippen LogP contribution < -0.4 is 5.32 Å². The van der Waals surface area contributed by atoms with E-state index in [4.69, 9.17) is 5.11 Å². The van der Waals surface area contributed by atoms with Crippen LogP contribution in [0.3, 0.4) is 0 Å². The topological polar surface area (TPSA) is 49.3 Å². The summed E-state index contributed by atoms with van der Waals surface area (Å²) in [6.07, 6.45) is 1.31. The van der Waals surface area contributed by atoms with Crippen molar-refractivity contribution in [2.75, 3.05) is 0 Å². The fourth-order valence-electron chi connectivity index (χ4n) is 1.09. The van der Waals surface area contributed by atoms with Crippen molar-refractivity contribution < 1.29 is 9.90 Å². The van der Waals surface area contributed by atoms with E-state index >= 15 is 0 Å².